The molecule has 0 fully saturated rings. The van der Waals surface area contributed by atoms with Crippen LogP contribution in [0.4, 0.5) is 5.69 Å². The predicted octanol–water partition coefficient (Wildman–Crippen LogP) is 1.34. The summed E-state index contributed by atoms with van der Waals surface area (Å²) in [6, 6.07) is 6.95. The van der Waals surface area contributed by atoms with Crippen LogP contribution in [-0.2, 0) is 4.79 Å². The van der Waals surface area contributed by atoms with E-state index in [0.29, 0.717) is 10.7 Å². The van der Waals surface area contributed by atoms with E-state index in [-0.39, 0.29) is 18.7 Å². The van der Waals surface area contributed by atoms with Crippen molar-refractivity contribution in [3.05, 3.63) is 29.3 Å². The molecule has 1 aromatic rings. The summed E-state index contributed by atoms with van der Waals surface area (Å²) in [7, 11) is 0. The molecule has 0 heterocycles. The Morgan fingerprint density at radius 3 is 2.80 bits per heavy atom. The molecule has 4 N–H and O–H groups in total. The third-order valence-corrected chi connectivity index (χ3v) is 2.14. The molecule has 1 atom stereocenters. The highest BCUT2D eigenvalue weighted by Gasteiger charge is 2.06. The number of aliphatic hydroxyl groups is 1. The third-order valence-electron chi connectivity index (χ3n) is 1.82. The number of aliphatic hydroxyl groups excluding tert-OH is 1. The number of hydrogen-bond donors (Lipinski definition) is 3. The Morgan fingerprint density at radius 1 is 1.53 bits per heavy atom. The van der Waals surface area contributed by atoms with Gasteiger partial charge in [-0.3, -0.25) is 4.79 Å². The van der Waals surface area contributed by atoms with Crippen molar-refractivity contribution >= 4 is 23.2 Å². The zero-order chi connectivity index (χ0) is 11.3. The first-order chi connectivity index (χ1) is 7.09. The summed E-state index contributed by atoms with van der Waals surface area (Å²) in [4.78, 5) is 11.3. The molecule has 0 radical (unpaired) electrons. The van der Waals surface area contributed by atoms with Gasteiger partial charge in [0.15, 0.2) is 0 Å². The average molecular weight is 229 g/mol. The maximum atomic E-state index is 11.3. The number of anilines is 1. The van der Waals surface area contributed by atoms with Gasteiger partial charge in [0.25, 0.3) is 0 Å². The summed E-state index contributed by atoms with van der Waals surface area (Å²) in [5.41, 5.74) is 5.68. The van der Waals surface area contributed by atoms with Gasteiger partial charge in [-0.25, -0.2) is 0 Å². The monoisotopic (exact) mass is 228 g/mol. The number of benzene rings is 1. The van der Waals surface area contributed by atoms with Crippen LogP contribution in [0.15, 0.2) is 24.3 Å². The Labute approximate surface area is 93.0 Å². The average Bonchev–Trinajstić information content (AvgIpc) is 2.18. The van der Waals surface area contributed by atoms with Crippen molar-refractivity contribution in [3.8, 4) is 0 Å². The molecule has 4 nitrogen and oxygen atoms in total. The van der Waals surface area contributed by atoms with E-state index in [0.717, 1.165) is 0 Å². The summed E-state index contributed by atoms with van der Waals surface area (Å²) in [6.45, 7) is 0. The highest BCUT2D eigenvalue weighted by molar-refractivity contribution is 6.33. The van der Waals surface area contributed by atoms with Crippen LogP contribution in [0.5, 0.6) is 0 Å². The van der Waals surface area contributed by atoms with Crippen LogP contribution >= 0.6 is 11.6 Å². The zero-order valence-electron chi connectivity index (χ0n) is 8.11. The Morgan fingerprint density at radius 2 is 2.20 bits per heavy atom. The molecule has 0 aliphatic carbocycles. The van der Waals surface area contributed by atoms with Crippen molar-refractivity contribution in [1.82, 2.24) is 0 Å². The Balaban J connectivity index is 2.48. The second-order valence-electron chi connectivity index (χ2n) is 3.13. The van der Waals surface area contributed by atoms with Crippen LogP contribution in [0.1, 0.15) is 12.8 Å². The van der Waals surface area contributed by atoms with Gasteiger partial charge in [0.2, 0.25) is 5.91 Å². The highest BCUT2D eigenvalue weighted by atomic mass is 35.5. The van der Waals surface area contributed by atoms with E-state index in [9.17, 15) is 4.79 Å². The predicted molar refractivity (Wildman–Crippen MR) is 59.5 cm³/mol. The maximum Gasteiger partial charge on any atom is 0.224 e. The van der Waals surface area contributed by atoms with E-state index in [1.807, 2.05) is 0 Å². The molecule has 15 heavy (non-hydrogen) atoms. The molecular formula is C10H13ClN2O2. The first-order valence-electron chi connectivity index (χ1n) is 4.57. The van der Waals surface area contributed by atoms with E-state index in [1.165, 1.54) is 0 Å². The number of carbonyl (C=O) groups is 1. The fraction of sp³-hybridized carbons (Fsp3) is 0.300. The summed E-state index contributed by atoms with van der Waals surface area (Å²) < 4.78 is 0. The molecule has 1 unspecified atom stereocenters. The van der Waals surface area contributed by atoms with Crippen LogP contribution in [0.3, 0.4) is 0 Å². The van der Waals surface area contributed by atoms with Crippen molar-refractivity contribution in [2.45, 2.75) is 19.1 Å². The van der Waals surface area contributed by atoms with Gasteiger partial charge in [0, 0.05) is 6.42 Å². The van der Waals surface area contributed by atoms with Crippen molar-refractivity contribution in [1.29, 1.82) is 0 Å². The number of carbonyl (C=O) groups excluding carboxylic acids is 1. The minimum absolute atomic E-state index is 0.170. The van der Waals surface area contributed by atoms with E-state index in [4.69, 9.17) is 22.4 Å². The van der Waals surface area contributed by atoms with Crippen molar-refractivity contribution in [3.63, 3.8) is 0 Å². The molecule has 0 saturated carbocycles. The van der Waals surface area contributed by atoms with Gasteiger partial charge in [-0.2, -0.15) is 0 Å². The van der Waals surface area contributed by atoms with E-state index >= 15 is 0 Å². The quantitative estimate of drug-likeness (QED) is 0.681. The van der Waals surface area contributed by atoms with Crippen LogP contribution in [0.25, 0.3) is 0 Å². The molecule has 0 spiro atoms. The number of hydrogen-bond acceptors (Lipinski definition) is 3. The fourth-order valence-electron chi connectivity index (χ4n) is 1.05. The number of rotatable bonds is 4. The topological polar surface area (TPSA) is 75.3 Å². The number of nitrogens with two attached hydrogens (primary N) is 1. The van der Waals surface area contributed by atoms with Crippen LogP contribution in [-0.4, -0.2) is 17.2 Å². The largest absolute Gasteiger partial charge is 0.379 e. The molecule has 0 aliphatic rings. The summed E-state index contributed by atoms with van der Waals surface area (Å²) in [5.74, 6) is -0.215. The molecule has 5 heteroatoms. The van der Waals surface area contributed by atoms with E-state index in [1.54, 1.807) is 24.3 Å². The summed E-state index contributed by atoms with van der Waals surface area (Å²) in [6.07, 6.45) is -0.555. The first-order valence-corrected chi connectivity index (χ1v) is 4.95. The molecule has 1 amide bonds. The lowest BCUT2D eigenvalue weighted by atomic mass is 10.2. The second kappa shape index (κ2) is 5.70. The minimum atomic E-state index is -0.956. The van der Waals surface area contributed by atoms with Gasteiger partial charge < -0.3 is 16.2 Å². The minimum Gasteiger partial charge on any atom is -0.379 e. The van der Waals surface area contributed by atoms with E-state index in [2.05, 4.69) is 5.32 Å². The van der Waals surface area contributed by atoms with Gasteiger partial charge in [-0.05, 0) is 18.6 Å². The standard InChI is InChI=1S/C10H13ClN2O2/c11-7-3-1-2-4-8(7)13-10(15)6-5-9(12)14/h1-4,9,14H,5-6,12H2,(H,13,15). The Hall–Kier alpha value is -1.10. The summed E-state index contributed by atoms with van der Waals surface area (Å²) in [5, 5.41) is 11.9. The Kier molecular flexibility index (Phi) is 4.55. The lowest BCUT2D eigenvalue weighted by molar-refractivity contribution is -0.116. The SMILES string of the molecule is NC(O)CCC(=O)Nc1ccccc1Cl. The van der Waals surface area contributed by atoms with Crippen molar-refractivity contribution < 1.29 is 9.90 Å². The highest BCUT2D eigenvalue weighted by Crippen LogP contribution is 2.20. The van der Waals surface area contributed by atoms with Gasteiger partial charge in [0.1, 0.15) is 6.23 Å². The number of amides is 1. The van der Waals surface area contributed by atoms with Crippen LogP contribution in [0.2, 0.25) is 5.02 Å². The normalized spacial score (nSPS) is 12.2. The van der Waals surface area contributed by atoms with Crippen LogP contribution < -0.4 is 11.1 Å². The molecule has 0 aromatic heterocycles. The third kappa shape index (κ3) is 4.29. The van der Waals surface area contributed by atoms with Crippen molar-refractivity contribution in [2.24, 2.45) is 5.73 Å². The first kappa shape index (κ1) is 12.0. The molecule has 1 rings (SSSR count). The number of halogens is 1. The molecule has 0 saturated heterocycles. The second-order valence-corrected chi connectivity index (χ2v) is 3.54. The van der Waals surface area contributed by atoms with E-state index < -0.39 is 6.23 Å². The van der Waals surface area contributed by atoms with Gasteiger partial charge in [-0.1, -0.05) is 23.7 Å². The van der Waals surface area contributed by atoms with Crippen LogP contribution in [0, 0.1) is 0 Å². The van der Waals surface area contributed by atoms with Gasteiger partial charge in [-0.15, -0.1) is 0 Å². The zero-order valence-corrected chi connectivity index (χ0v) is 8.87. The lowest BCUT2D eigenvalue weighted by Crippen LogP contribution is -2.22. The molecule has 0 aliphatic heterocycles. The number of para-hydroxylation sites is 1. The van der Waals surface area contributed by atoms with Gasteiger partial charge >= 0.3 is 0 Å². The molecular weight excluding hydrogens is 216 g/mol. The summed E-state index contributed by atoms with van der Waals surface area (Å²) >= 11 is 5.84. The number of nitrogens with one attached hydrogen (secondary N) is 1. The Bertz CT molecular complexity index is 342. The molecule has 0 bridgehead atoms. The molecule has 82 valence electrons. The molecule has 1 aromatic carbocycles. The lowest BCUT2D eigenvalue weighted by Gasteiger charge is -2.07. The maximum absolute atomic E-state index is 11.3. The smallest absolute Gasteiger partial charge is 0.224 e. The van der Waals surface area contributed by atoms with Crippen molar-refractivity contribution in [2.75, 3.05) is 5.32 Å². The fourth-order valence-corrected chi connectivity index (χ4v) is 1.24. The van der Waals surface area contributed by atoms with Gasteiger partial charge in [0.05, 0.1) is 10.7 Å².